The zero-order chi connectivity index (χ0) is 14.3. The van der Waals surface area contributed by atoms with Gasteiger partial charge >= 0.3 is 5.97 Å². The highest BCUT2D eigenvalue weighted by molar-refractivity contribution is 5.85. The molecule has 0 atom stereocenters. The third-order valence-corrected chi connectivity index (χ3v) is 2.77. The largest absolute Gasteiger partial charge is 0.477 e. The van der Waals surface area contributed by atoms with E-state index in [0.717, 1.165) is 26.1 Å². The first-order chi connectivity index (χ1) is 9.06. The molecule has 1 rings (SSSR count). The van der Waals surface area contributed by atoms with Crippen molar-refractivity contribution in [3.63, 3.8) is 0 Å². The van der Waals surface area contributed by atoms with Crippen LogP contribution in [0.3, 0.4) is 0 Å². The zero-order valence-corrected chi connectivity index (χ0v) is 11.8. The molecular weight excluding hydrogens is 244 g/mol. The number of likely N-dealkylation sites (N-methyl/N-ethyl adjacent to an activating group) is 1. The van der Waals surface area contributed by atoms with Crippen LogP contribution in [0.25, 0.3) is 0 Å². The highest BCUT2D eigenvalue weighted by atomic mass is 16.4. The Morgan fingerprint density at radius 2 is 2.11 bits per heavy atom. The van der Waals surface area contributed by atoms with Crippen molar-refractivity contribution in [2.45, 2.75) is 27.2 Å². The first-order valence-electron chi connectivity index (χ1n) is 6.62. The smallest absolute Gasteiger partial charge is 0.354 e. The summed E-state index contributed by atoms with van der Waals surface area (Å²) in [6, 6.07) is 1.46. The molecule has 6 nitrogen and oxygen atoms in total. The maximum atomic E-state index is 10.9. The average molecular weight is 266 g/mol. The lowest BCUT2D eigenvalue weighted by molar-refractivity contribution is 0.0690. The molecule has 2 N–H and O–H groups in total. The van der Waals surface area contributed by atoms with Crippen molar-refractivity contribution < 1.29 is 9.90 Å². The number of anilines is 1. The molecule has 1 heterocycles. The summed E-state index contributed by atoms with van der Waals surface area (Å²) in [6.45, 7) is 9.70. The lowest BCUT2D eigenvalue weighted by atomic mass is 10.3. The number of aromatic carboxylic acids is 1. The number of rotatable bonds is 8. The van der Waals surface area contributed by atoms with Gasteiger partial charge in [-0.2, -0.15) is 0 Å². The highest BCUT2D eigenvalue weighted by Crippen LogP contribution is 2.04. The molecule has 0 saturated heterocycles. The summed E-state index contributed by atoms with van der Waals surface area (Å²) in [5, 5.41) is 12.0. The normalized spacial score (nSPS) is 10.7. The van der Waals surface area contributed by atoms with Crippen LogP contribution in [0, 0.1) is 6.92 Å². The Balaban J connectivity index is 2.55. The molecule has 0 spiro atoms. The summed E-state index contributed by atoms with van der Waals surface area (Å²) in [7, 11) is 0. The number of aryl methyl sites for hydroxylation is 1. The summed E-state index contributed by atoms with van der Waals surface area (Å²) in [6.07, 6.45) is 1.12. The van der Waals surface area contributed by atoms with Gasteiger partial charge in [0.1, 0.15) is 0 Å². The van der Waals surface area contributed by atoms with Gasteiger partial charge in [0.15, 0.2) is 5.69 Å². The van der Waals surface area contributed by atoms with E-state index in [1.165, 1.54) is 6.07 Å². The Morgan fingerprint density at radius 3 is 2.68 bits per heavy atom. The predicted molar refractivity (Wildman–Crippen MR) is 74.6 cm³/mol. The van der Waals surface area contributed by atoms with Crippen LogP contribution < -0.4 is 5.32 Å². The molecule has 1 aromatic heterocycles. The number of nitrogens with one attached hydrogen (secondary N) is 1. The van der Waals surface area contributed by atoms with Crippen LogP contribution in [-0.4, -0.2) is 52.1 Å². The Morgan fingerprint density at radius 1 is 1.37 bits per heavy atom. The molecule has 0 radical (unpaired) electrons. The molecular formula is C13H22N4O2. The minimum Gasteiger partial charge on any atom is -0.477 e. The second-order valence-electron chi connectivity index (χ2n) is 4.38. The van der Waals surface area contributed by atoms with Crippen molar-refractivity contribution in [3.05, 3.63) is 17.5 Å². The molecule has 0 bridgehead atoms. The van der Waals surface area contributed by atoms with Crippen LogP contribution in [-0.2, 0) is 0 Å². The minimum atomic E-state index is -1.03. The molecule has 0 unspecified atom stereocenters. The van der Waals surface area contributed by atoms with Gasteiger partial charge < -0.3 is 15.3 Å². The second kappa shape index (κ2) is 7.68. The van der Waals surface area contributed by atoms with Gasteiger partial charge in [0, 0.05) is 18.8 Å². The van der Waals surface area contributed by atoms with E-state index < -0.39 is 5.97 Å². The van der Waals surface area contributed by atoms with Crippen LogP contribution in [0.5, 0.6) is 0 Å². The topological polar surface area (TPSA) is 78.4 Å². The molecule has 0 aliphatic heterocycles. The van der Waals surface area contributed by atoms with Crippen LogP contribution in [0.4, 0.5) is 5.95 Å². The third-order valence-electron chi connectivity index (χ3n) is 2.77. The zero-order valence-electron chi connectivity index (χ0n) is 11.8. The van der Waals surface area contributed by atoms with Crippen LogP contribution in [0.15, 0.2) is 6.07 Å². The van der Waals surface area contributed by atoms with Gasteiger partial charge in [-0.1, -0.05) is 13.8 Å². The fourth-order valence-electron chi connectivity index (χ4n) is 1.83. The number of hydrogen-bond acceptors (Lipinski definition) is 5. The van der Waals surface area contributed by atoms with Gasteiger partial charge in [0.25, 0.3) is 0 Å². The van der Waals surface area contributed by atoms with Gasteiger partial charge in [-0.3, -0.25) is 0 Å². The van der Waals surface area contributed by atoms with E-state index in [9.17, 15) is 4.79 Å². The number of aromatic nitrogens is 2. The number of carbonyl (C=O) groups is 1. The number of carboxylic acids is 1. The SMILES string of the molecule is CCCN(CC)CCNc1nc(C)cc(C(=O)O)n1. The van der Waals surface area contributed by atoms with E-state index in [-0.39, 0.29) is 5.69 Å². The lowest BCUT2D eigenvalue weighted by Gasteiger charge is -2.19. The second-order valence-corrected chi connectivity index (χ2v) is 4.38. The van der Waals surface area contributed by atoms with Crippen molar-refractivity contribution in [3.8, 4) is 0 Å². The summed E-state index contributed by atoms with van der Waals surface area (Å²) >= 11 is 0. The highest BCUT2D eigenvalue weighted by Gasteiger charge is 2.08. The monoisotopic (exact) mass is 266 g/mol. The van der Waals surface area contributed by atoms with Gasteiger partial charge in [-0.05, 0) is 32.5 Å². The molecule has 0 aromatic carbocycles. The average Bonchev–Trinajstić information content (AvgIpc) is 2.37. The first kappa shape index (κ1) is 15.4. The lowest BCUT2D eigenvalue weighted by Crippen LogP contribution is -2.30. The molecule has 6 heteroatoms. The first-order valence-corrected chi connectivity index (χ1v) is 6.62. The summed E-state index contributed by atoms with van der Waals surface area (Å²) < 4.78 is 0. The summed E-state index contributed by atoms with van der Waals surface area (Å²) in [5.74, 6) is -0.653. The molecule has 19 heavy (non-hydrogen) atoms. The Labute approximate surface area is 113 Å². The van der Waals surface area contributed by atoms with Crippen LogP contribution >= 0.6 is 0 Å². The fourth-order valence-corrected chi connectivity index (χ4v) is 1.83. The van der Waals surface area contributed by atoms with Crippen molar-refractivity contribution in [1.82, 2.24) is 14.9 Å². The van der Waals surface area contributed by atoms with Crippen LogP contribution in [0.1, 0.15) is 36.5 Å². The van der Waals surface area contributed by atoms with E-state index in [1.54, 1.807) is 6.92 Å². The Kier molecular flexibility index (Phi) is 6.21. The molecule has 0 saturated carbocycles. The molecule has 106 valence electrons. The Hall–Kier alpha value is -1.69. The van der Waals surface area contributed by atoms with Crippen LogP contribution in [0.2, 0.25) is 0 Å². The van der Waals surface area contributed by atoms with E-state index >= 15 is 0 Å². The third kappa shape index (κ3) is 5.21. The molecule has 1 aromatic rings. The maximum Gasteiger partial charge on any atom is 0.354 e. The minimum absolute atomic E-state index is 0.0240. The van der Waals surface area contributed by atoms with Crippen molar-refractivity contribution in [2.75, 3.05) is 31.5 Å². The summed E-state index contributed by atoms with van der Waals surface area (Å²) in [5.41, 5.74) is 0.673. The van der Waals surface area contributed by atoms with Crippen molar-refractivity contribution in [1.29, 1.82) is 0 Å². The molecule has 0 fully saturated rings. The fraction of sp³-hybridized carbons (Fsp3) is 0.615. The van der Waals surface area contributed by atoms with Gasteiger partial charge in [0.2, 0.25) is 5.95 Å². The summed E-state index contributed by atoms with van der Waals surface area (Å²) in [4.78, 5) is 21.4. The van der Waals surface area contributed by atoms with Gasteiger partial charge in [0.05, 0.1) is 0 Å². The number of nitrogens with zero attached hydrogens (tertiary/aromatic N) is 3. The van der Waals surface area contributed by atoms with E-state index in [4.69, 9.17) is 5.11 Å². The maximum absolute atomic E-state index is 10.9. The van der Waals surface area contributed by atoms with Gasteiger partial charge in [-0.25, -0.2) is 14.8 Å². The van der Waals surface area contributed by atoms with E-state index in [1.807, 2.05) is 0 Å². The van der Waals surface area contributed by atoms with E-state index in [2.05, 4.69) is 34.0 Å². The standard InChI is InChI=1S/C13H22N4O2/c1-4-7-17(5-2)8-6-14-13-15-10(3)9-11(16-13)12(18)19/h9H,4-8H2,1-3H3,(H,18,19)(H,14,15,16). The van der Waals surface area contributed by atoms with Gasteiger partial charge in [-0.15, -0.1) is 0 Å². The molecule has 0 amide bonds. The van der Waals surface area contributed by atoms with Crippen molar-refractivity contribution >= 4 is 11.9 Å². The quantitative estimate of drug-likeness (QED) is 0.744. The Bertz CT molecular complexity index is 423. The predicted octanol–water partition coefficient (Wildman–Crippen LogP) is 1.63. The molecule has 0 aliphatic rings. The van der Waals surface area contributed by atoms with E-state index in [0.29, 0.717) is 18.2 Å². The number of carboxylic acid groups (broad SMARTS) is 1. The number of hydrogen-bond donors (Lipinski definition) is 2. The molecule has 0 aliphatic carbocycles. The van der Waals surface area contributed by atoms with Crippen molar-refractivity contribution in [2.24, 2.45) is 0 Å².